The average molecular weight is 332 g/mol. The quantitative estimate of drug-likeness (QED) is 0.746. The Morgan fingerprint density at radius 1 is 1.29 bits per heavy atom. The fraction of sp³-hybridized carbons (Fsp3) is 0.500. The van der Waals surface area contributed by atoms with Crippen LogP contribution in [0.25, 0.3) is 0 Å². The number of methoxy groups -OCH3 is 1. The minimum Gasteiger partial charge on any atom is -0.469 e. The van der Waals surface area contributed by atoms with Crippen molar-refractivity contribution in [2.75, 3.05) is 25.1 Å². The lowest BCUT2D eigenvalue weighted by Gasteiger charge is -2.26. The van der Waals surface area contributed by atoms with Gasteiger partial charge in [-0.3, -0.25) is 14.4 Å². The number of amides is 2. The van der Waals surface area contributed by atoms with Crippen LogP contribution in [0.2, 0.25) is 0 Å². The number of carbonyl (C=O) groups is 3. The Bertz CT molecular complexity index is 600. The van der Waals surface area contributed by atoms with E-state index in [1.807, 2.05) is 44.2 Å². The monoisotopic (exact) mass is 332 g/mol. The fourth-order valence-electron chi connectivity index (χ4n) is 2.90. The summed E-state index contributed by atoms with van der Waals surface area (Å²) in [5.41, 5.74) is 0.724. The van der Waals surface area contributed by atoms with Crippen LogP contribution in [0.4, 0.5) is 5.69 Å². The maximum Gasteiger partial charge on any atom is 0.307 e. The number of rotatable bonds is 6. The highest BCUT2D eigenvalue weighted by molar-refractivity contribution is 5.99. The number of carbonyl (C=O) groups excluding carboxylic acids is 3. The Morgan fingerprint density at radius 3 is 2.50 bits per heavy atom. The molecule has 6 heteroatoms. The highest BCUT2D eigenvalue weighted by atomic mass is 16.5. The number of likely N-dealkylation sites (tertiary alicyclic amines) is 1. The summed E-state index contributed by atoms with van der Waals surface area (Å²) in [5, 5.41) is 0. The van der Waals surface area contributed by atoms with E-state index in [1.165, 1.54) is 7.11 Å². The first-order valence-electron chi connectivity index (χ1n) is 8.16. The predicted molar refractivity (Wildman–Crippen MR) is 90.4 cm³/mol. The van der Waals surface area contributed by atoms with Crippen LogP contribution in [-0.4, -0.2) is 48.9 Å². The van der Waals surface area contributed by atoms with E-state index < -0.39 is 0 Å². The van der Waals surface area contributed by atoms with E-state index in [2.05, 4.69) is 4.74 Å². The largest absolute Gasteiger partial charge is 0.469 e. The number of benzene rings is 1. The van der Waals surface area contributed by atoms with Crippen LogP contribution >= 0.6 is 0 Å². The van der Waals surface area contributed by atoms with Gasteiger partial charge >= 0.3 is 5.97 Å². The number of hydrogen-bond donors (Lipinski definition) is 0. The van der Waals surface area contributed by atoms with Crippen molar-refractivity contribution >= 4 is 23.5 Å². The zero-order valence-electron chi connectivity index (χ0n) is 14.4. The fourth-order valence-corrected chi connectivity index (χ4v) is 2.90. The molecule has 1 heterocycles. The van der Waals surface area contributed by atoms with E-state index in [0.29, 0.717) is 6.54 Å². The maximum absolute atomic E-state index is 13.0. The number of hydrogen-bond acceptors (Lipinski definition) is 4. The van der Waals surface area contributed by atoms with Gasteiger partial charge in [0.05, 0.1) is 19.4 Å². The van der Waals surface area contributed by atoms with Gasteiger partial charge in [0.1, 0.15) is 0 Å². The smallest absolute Gasteiger partial charge is 0.307 e. The van der Waals surface area contributed by atoms with Crippen molar-refractivity contribution in [1.82, 2.24) is 4.90 Å². The van der Waals surface area contributed by atoms with Gasteiger partial charge < -0.3 is 14.5 Å². The second kappa shape index (κ2) is 7.95. The number of ether oxygens (including phenoxy) is 1. The number of nitrogens with zero attached hydrogens (tertiary/aromatic N) is 2. The summed E-state index contributed by atoms with van der Waals surface area (Å²) >= 11 is 0. The third kappa shape index (κ3) is 4.13. The summed E-state index contributed by atoms with van der Waals surface area (Å²) in [6.45, 7) is 4.55. The minimum atomic E-state index is -0.377. The van der Waals surface area contributed by atoms with Crippen molar-refractivity contribution < 1.29 is 19.1 Å². The van der Waals surface area contributed by atoms with E-state index in [0.717, 1.165) is 5.69 Å². The van der Waals surface area contributed by atoms with Crippen molar-refractivity contribution in [1.29, 1.82) is 0 Å². The molecule has 1 atom stereocenters. The van der Waals surface area contributed by atoms with Gasteiger partial charge in [0.25, 0.3) is 0 Å². The van der Waals surface area contributed by atoms with Gasteiger partial charge in [0, 0.05) is 31.2 Å². The molecule has 2 amide bonds. The van der Waals surface area contributed by atoms with Crippen LogP contribution in [0.5, 0.6) is 0 Å². The van der Waals surface area contributed by atoms with Gasteiger partial charge in [-0.25, -0.2) is 0 Å². The molecule has 1 saturated heterocycles. The molecule has 0 spiro atoms. The van der Waals surface area contributed by atoms with Crippen LogP contribution in [0.3, 0.4) is 0 Å². The summed E-state index contributed by atoms with van der Waals surface area (Å²) in [6.07, 6.45) is 0.338. The first kappa shape index (κ1) is 18.0. The molecule has 1 aromatic rings. The van der Waals surface area contributed by atoms with Crippen molar-refractivity contribution in [3.8, 4) is 0 Å². The van der Waals surface area contributed by atoms with Crippen LogP contribution in [0.1, 0.15) is 26.7 Å². The van der Waals surface area contributed by atoms with Gasteiger partial charge in [-0.1, -0.05) is 18.2 Å². The molecule has 1 fully saturated rings. The summed E-state index contributed by atoms with van der Waals surface area (Å²) < 4.78 is 4.67. The zero-order chi connectivity index (χ0) is 17.7. The minimum absolute atomic E-state index is 0.00401. The summed E-state index contributed by atoms with van der Waals surface area (Å²) in [4.78, 5) is 39.8. The van der Waals surface area contributed by atoms with Gasteiger partial charge in [-0.05, 0) is 26.0 Å². The van der Waals surface area contributed by atoms with E-state index in [-0.39, 0.29) is 49.1 Å². The topological polar surface area (TPSA) is 66.9 Å². The molecule has 0 saturated carbocycles. The molecule has 1 aliphatic rings. The van der Waals surface area contributed by atoms with Crippen molar-refractivity contribution in [3.05, 3.63) is 30.3 Å². The summed E-state index contributed by atoms with van der Waals surface area (Å²) in [5.74, 6) is -0.862. The van der Waals surface area contributed by atoms with E-state index in [9.17, 15) is 14.4 Å². The second-order valence-electron chi connectivity index (χ2n) is 6.19. The zero-order valence-corrected chi connectivity index (χ0v) is 14.4. The van der Waals surface area contributed by atoms with Crippen LogP contribution in [0.15, 0.2) is 30.3 Å². The lowest BCUT2D eigenvalue weighted by Crippen LogP contribution is -2.39. The molecule has 130 valence electrons. The summed E-state index contributed by atoms with van der Waals surface area (Å²) in [7, 11) is 1.33. The molecular weight excluding hydrogens is 308 g/mol. The number of para-hydroxylation sites is 1. The second-order valence-corrected chi connectivity index (χ2v) is 6.19. The van der Waals surface area contributed by atoms with Gasteiger partial charge in [0.2, 0.25) is 11.8 Å². The SMILES string of the molecule is COC(=O)CCN(C(=O)C1CC(=O)N(C(C)C)C1)c1ccccc1. The Morgan fingerprint density at radius 2 is 1.96 bits per heavy atom. The lowest BCUT2D eigenvalue weighted by molar-refractivity contribution is -0.140. The van der Waals surface area contributed by atoms with Crippen molar-refractivity contribution in [3.63, 3.8) is 0 Å². The molecular formula is C18H24N2O4. The normalized spacial score (nSPS) is 17.2. The third-order valence-electron chi connectivity index (χ3n) is 4.23. The van der Waals surface area contributed by atoms with Crippen LogP contribution < -0.4 is 4.90 Å². The maximum atomic E-state index is 13.0. The third-order valence-corrected chi connectivity index (χ3v) is 4.23. The average Bonchev–Trinajstić information content (AvgIpc) is 2.97. The van der Waals surface area contributed by atoms with Gasteiger partial charge in [-0.15, -0.1) is 0 Å². The first-order chi connectivity index (χ1) is 11.4. The number of anilines is 1. The van der Waals surface area contributed by atoms with Crippen LogP contribution in [0, 0.1) is 5.92 Å². The van der Waals surface area contributed by atoms with Gasteiger partial charge in [-0.2, -0.15) is 0 Å². The highest BCUT2D eigenvalue weighted by Crippen LogP contribution is 2.25. The Balaban J connectivity index is 2.16. The Hall–Kier alpha value is -2.37. The molecule has 24 heavy (non-hydrogen) atoms. The highest BCUT2D eigenvalue weighted by Gasteiger charge is 2.37. The molecule has 1 aliphatic heterocycles. The molecule has 2 rings (SSSR count). The molecule has 0 N–H and O–H groups in total. The molecule has 0 aromatic heterocycles. The summed E-state index contributed by atoms with van der Waals surface area (Å²) in [6, 6.07) is 9.28. The van der Waals surface area contributed by atoms with E-state index >= 15 is 0 Å². The van der Waals surface area contributed by atoms with Crippen molar-refractivity contribution in [2.24, 2.45) is 5.92 Å². The molecule has 1 aromatic carbocycles. The number of esters is 1. The van der Waals surface area contributed by atoms with E-state index in [1.54, 1.807) is 9.80 Å². The molecule has 1 unspecified atom stereocenters. The predicted octanol–water partition coefficient (Wildman–Crippen LogP) is 1.84. The molecule has 0 radical (unpaired) electrons. The Kier molecular flexibility index (Phi) is 5.95. The first-order valence-corrected chi connectivity index (χ1v) is 8.16. The standard InChI is InChI=1S/C18H24N2O4/c1-13(2)20-12-14(11-16(20)21)18(23)19(10-9-17(22)24-3)15-7-5-4-6-8-15/h4-8,13-14H,9-12H2,1-3H3. The lowest BCUT2D eigenvalue weighted by atomic mass is 10.1. The van der Waals surface area contributed by atoms with Crippen molar-refractivity contribution in [2.45, 2.75) is 32.7 Å². The van der Waals surface area contributed by atoms with Crippen LogP contribution in [-0.2, 0) is 19.1 Å². The molecule has 0 aliphatic carbocycles. The van der Waals surface area contributed by atoms with Gasteiger partial charge in [0.15, 0.2) is 0 Å². The molecule has 0 bridgehead atoms. The molecule has 6 nitrogen and oxygen atoms in total. The van der Waals surface area contributed by atoms with E-state index in [4.69, 9.17) is 0 Å². The Labute approximate surface area is 142 Å².